The van der Waals surface area contributed by atoms with Crippen molar-refractivity contribution in [3.05, 3.63) is 24.3 Å². The van der Waals surface area contributed by atoms with Gasteiger partial charge in [-0.3, -0.25) is 0 Å². The third-order valence-electron chi connectivity index (χ3n) is 2.98. The highest BCUT2D eigenvalue weighted by molar-refractivity contribution is 5.41. The van der Waals surface area contributed by atoms with E-state index in [2.05, 4.69) is 13.8 Å². The van der Waals surface area contributed by atoms with Gasteiger partial charge < -0.3 is 19.9 Å². The zero-order valence-corrected chi connectivity index (χ0v) is 12.1. The SMILES string of the molecule is COC(C)(C)CCOCCCOc1ccc(N)cc1. The predicted molar refractivity (Wildman–Crippen MR) is 77.5 cm³/mol. The van der Waals surface area contributed by atoms with E-state index in [4.69, 9.17) is 19.9 Å². The monoisotopic (exact) mass is 267 g/mol. The van der Waals surface area contributed by atoms with Crippen molar-refractivity contribution >= 4 is 5.69 Å². The van der Waals surface area contributed by atoms with Gasteiger partial charge in [0, 0.05) is 32.4 Å². The molecular weight excluding hydrogens is 242 g/mol. The molecular formula is C15H25NO3. The molecule has 4 nitrogen and oxygen atoms in total. The van der Waals surface area contributed by atoms with Crippen molar-refractivity contribution in [3.63, 3.8) is 0 Å². The molecule has 4 heteroatoms. The second kappa shape index (κ2) is 8.02. The summed E-state index contributed by atoms with van der Waals surface area (Å²) in [7, 11) is 1.72. The van der Waals surface area contributed by atoms with E-state index in [0.717, 1.165) is 24.3 Å². The number of hydrogen-bond acceptors (Lipinski definition) is 4. The lowest BCUT2D eigenvalue weighted by molar-refractivity contribution is -0.0107. The van der Waals surface area contributed by atoms with Crippen LogP contribution in [0, 0.1) is 0 Å². The molecule has 0 amide bonds. The van der Waals surface area contributed by atoms with Gasteiger partial charge in [0.05, 0.1) is 12.2 Å². The number of ether oxygens (including phenoxy) is 3. The van der Waals surface area contributed by atoms with Crippen LogP contribution in [0.1, 0.15) is 26.7 Å². The van der Waals surface area contributed by atoms with Crippen LogP contribution < -0.4 is 10.5 Å². The molecule has 0 saturated carbocycles. The van der Waals surface area contributed by atoms with Crippen LogP contribution in [-0.2, 0) is 9.47 Å². The Morgan fingerprint density at radius 2 is 1.74 bits per heavy atom. The zero-order valence-electron chi connectivity index (χ0n) is 12.1. The van der Waals surface area contributed by atoms with Crippen LogP contribution >= 0.6 is 0 Å². The lowest BCUT2D eigenvalue weighted by atomic mass is 10.1. The van der Waals surface area contributed by atoms with Crippen molar-refractivity contribution < 1.29 is 14.2 Å². The second-order valence-electron chi connectivity index (χ2n) is 5.10. The molecule has 0 unspecified atom stereocenters. The quantitative estimate of drug-likeness (QED) is 0.552. The van der Waals surface area contributed by atoms with Crippen LogP contribution in [0.2, 0.25) is 0 Å². The Hall–Kier alpha value is -1.26. The summed E-state index contributed by atoms with van der Waals surface area (Å²) in [5.74, 6) is 0.842. The summed E-state index contributed by atoms with van der Waals surface area (Å²) < 4.78 is 16.4. The van der Waals surface area contributed by atoms with Crippen LogP contribution in [-0.4, -0.2) is 32.5 Å². The molecule has 0 saturated heterocycles. The number of anilines is 1. The van der Waals surface area contributed by atoms with E-state index < -0.39 is 0 Å². The minimum atomic E-state index is -0.111. The summed E-state index contributed by atoms with van der Waals surface area (Å²) in [4.78, 5) is 0. The number of nitrogen functional groups attached to an aromatic ring is 1. The van der Waals surface area contributed by atoms with Crippen molar-refractivity contribution in [2.45, 2.75) is 32.3 Å². The number of hydrogen-bond donors (Lipinski definition) is 1. The summed E-state index contributed by atoms with van der Waals surface area (Å²) >= 11 is 0. The first-order chi connectivity index (χ1) is 9.03. The number of nitrogens with two attached hydrogens (primary N) is 1. The van der Waals surface area contributed by atoms with Gasteiger partial charge in [0.1, 0.15) is 5.75 Å². The summed E-state index contributed by atoms with van der Waals surface area (Å²) in [5.41, 5.74) is 6.23. The first-order valence-corrected chi connectivity index (χ1v) is 6.65. The topological polar surface area (TPSA) is 53.7 Å². The van der Waals surface area contributed by atoms with Gasteiger partial charge in [0.2, 0.25) is 0 Å². The Labute approximate surface area is 115 Å². The molecule has 0 aliphatic rings. The predicted octanol–water partition coefficient (Wildman–Crippen LogP) is 2.87. The van der Waals surface area contributed by atoms with Gasteiger partial charge in [-0.25, -0.2) is 0 Å². The molecule has 0 bridgehead atoms. The van der Waals surface area contributed by atoms with Crippen molar-refractivity contribution in [2.24, 2.45) is 0 Å². The highest BCUT2D eigenvalue weighted by Gasteiger charge is 2.15. The van der Waals surface area contributed by atoms with E-state index in [-0.39, 0.29) is 5.60 Å². The summed E-state index contributed by atoms with van der Waals surface area (Å²) in [5, 5.41) is 0. The lowest BCUT2D eigenvalue weighted by Gasteiger charge is -2.22. The molecule has 0 aliphatic heterocycles. The van der Waals surface area contributed by atoms with E-state index in [1.165, 1.54) is 0 Å². The maximum Gasteiger partial charge on any atom is 0.119 e. The molecule has 0 aliphatic carbocycles. The smallest absolute Gasteiger partial charge is 0.119 e. The Balaban J connectivity index is 2.01. The highest BCUT2D eigenvalue weighted by atomic mass is 16.5. The van der Waals surface area contributed by atoms with Gasteiger partial charge in [-0.2, -0.15) is 0 Å². The second-order valence-corrected chi connectivity index (χ2v) is 5.10. The van der Waals surface area contributed by atoms with Gasteiger partial charge in [-0.1, -0.05) is 0 Å². The van der Waals surface area contributed by atoms with E-state index in [9.17, 15) is 0 Å². The zero-order chi connectivity index (χ0) is 14.1. The Kier molecular flexibility index (Phi) is 6.67. The normalized spacial score (nSPS) is 11.5. The van der Waals surface area contributed by atoms with Gasteiger partial charge in [0.15, 0.2) is 0 Å². The third-order valence-corrected chi connectivity index (χ3v) is 2.98. The fraction of sp³-hybridized carbons (Fsp3) is 0.600. The minimum absolute atomic E-state index is 0.111. The Morgan fingerprint density at radius 3 is 2.37 bits per heavy atom. The fourth-order valence-corrected chi connectivity index (χ4v) is 1.44. The molecule has 0 heterocycles. The molecule has 0 aromatic heterocycles. The number of rotatable bonds is 9. The molecule has 2 N–H and O–H groups in total. The van der Waals surface area contributed by atoms with E-state index >= 15 is 0 Å². The van der Waals surface area contributed by atoms with E-state index in [1.54, 1.807) is 7.11 Å². The molecule has 0 radical (unpaired) electrons. The highest BCUT2D eigenvalue weighted by Crippen LogP contribution is 2.14. The Morgan fingerprint density at radius 1 is 1.05 bits per heavy atom. The summed E-state index contributed by atoms with van der Waals surface area (Å²) in [6.45, 7) is 6.18. The molecule has 19 heavy (non-hydrogen) atoms. The average molecular weight is 267 g/mol. The molecule has 0 fully saturated rings. The van der Waals surface area contributed by atoms with Crippen molar-refractivity contribution in [1.82, 2.24) is 0 Å². The van der Waals surface area contributed by atoms with Crippen molar-refractivity contribution in [3.8, 4) is 5.75 Å². The molecule has 1 aromatic rings. The number of methoxy groups -OCH3 is 1. The van der Waals surface area contributed by atoms with Gasteiger partial charge in [0.25, 0.3) is 0 Å². The molecule has 1 rings (SSSR count). The standard InChI is InChI=1S/C15H25NO3/c1-15(2,17-3)9-12-18-10-4-11-19-14-7-5-13(16)6-8-14/h5-8H,4,9-12,16H2,1-3H3. The minimum Gasteiger partial charge on any atom is -0.494 e. The molecule has 1 aromatic carbocycles. The largest absolute Gasteiger partial charge is 0.494 e. The Bertz CT molecular complexity index is 349. The van der Waals surface area contributed by atoms with Crippen LogP contribution in [0.15, 0.2) is 24.3 Å². The van der Waals surface area contributed by atoms with E-state index in [0.29, 0.717) is 19.8 Å². The fourth-order valence-electron chi connectivity index (χ4n) is 1.44. The maximum atomic E-state index is 5.60. The lowest BCUT2D eigenvalue weighted by Crippen LogP contribution is -2.24. The third kappa shape index (κ3) is 7.03. The molecule has 108 valence electrons. The molecule has 0 spiro atoms. The first kappa shape index (κ1) is 15.8. The van der Waals surface area contributed by atoms with Crippen molar-refractivity contribution in [1.29, 1.82) is 0 Å². The van der Waals surface area contributed by atoms with Crippen LogP contribution in [0.4, 0.5) is 5.69 Å². The van der Waals surface area contributed by atoms with Gasteiger partial charge in [-0.15, -0.1) is 0 Å². The van der Waals surface area contributed by atoms with Crippen LogP contribution in [0.5, 0.6) is 5.75 Å². The summed E-state index contributed by atoms with van der Waals surface area (Å²) in [6.07, 6.45) is 1.76. The van der Waals surface area contributed by atoms with Gasteiger partial charge >= 0.3 is 0 Å². The average Bonchev–Trinajstić information content (AvgIpc) is 2.40. The maximum absolute atomic E-state index is 5.60. The van der Waals surface area contributed by atoms with Crippen LogP contribution in [0.3, 0.4) is 0 Å². The number of benzene rings is 1. The first-order valence-electron chi connectivity index (χ1n) is 6.65. The molecule has 0 atom stereocenters. The summed E-state index contributed by atoms with van der Waals surface area (Å²) in [6, 6.07) is 7.41. The van der Waals surface area contributed by atoms with E-state index in [1.807, 2.05) is 24.3 Å². The van der Waals surface area contributed by atoms with Crippen LogP contribution in [0.25, 0.3) is 0 Å². The van der Waals surface area contributed by atoms with Crippen molar-refractivity contribution in [2.75, 3.05) is 32.7 Å². The van der Waals surface area contributed by atoms with Gasteiger partial charge in [-0.05, 0) is 44.5 Å².